The normalized spacial score (nSPS) is 39.0. The van der Waals surface area contributed by atoms with Crippen molar-refractivity contribution in [3.63, 3.8) is 0 Å². The molecule has 5 rings (SSSR count). The number of rotatable bonds is 3. The van der Waals surface area contributed by atoms with E-state index in [0.29, 0.717) is 12.8 Å². The minimum Gasteiger partial charge on any atom is -0.456 e. The number of carbonyl (C=O) groups excluding carboxylic acids is 1. The van der Waals surface area contributed by atoms with Gasteiger partial charge in [0.05, 0.1) is 5.92 Å². The Kier molecular flexibility index (Phi) is 4.75. The number of hydrogen-bond acceptors (Lipinski definition) is 6. The van der Waals surface area contributed by atoms with E-state index in [0.717, 1.165) is 0 Å². The summed E-state index contributed by atoms with van der Waals surface area (Å²) in [6.45, 7) is -3.35. The first-order valence-electron chi connectivity index (χ1n) is 9.20. The van der Waals surface area contributed by atoms with E-state index in [4.69, 9.17) is 18.8 Å². The zero-order valence-corrected chi connectivity index (χ0v) is 16.0. The van der Waals surface area contributed by atoms with Crippen LogP contribution in [0.2, 0.25) is 0 Å². The first-order chi connectivity index (χ1) is 13.6. The molecule has 1 spiro atoms. The first-order valence-corrected chi connectivity index (χ1v) is 10.6. The highest BCUT2D eigenvalue weighted by Crippen LogP contribution is 2.62. The second-order valence-corrected chi connectivity index (χ2v) is 9.90. The Hall–Kier alpha value is -1.12. The van der Waals surface area contributed by atoms with E-state index in [9.17, 15) is 39.6 Å². The number of esters is 1. The van der Waals surface area contributed by atoms with Gasteiger partial charge in [0.15, 0.2) is 5.79 Å². The van der Waals surface area contributed by atoms with Crippen LogP contribution in [-0.4, -0.2) is 61.1 Å². The van der Waals surface area contributed by atoms with E-state index in [1.54, 1.807) is 0 Å². The second kappa shape index (κ2) is 6.45. The maximum atomic E-state index is 13.8. The molecule has 14 heteroatoms. The zero-order chi connectivity index (χ0) is 22.3. The average Bonchev–Trinajstić information content (AvgIpc) is 2.70. The molecule has 0 aromatic rings. The van der Waals surface area contributed by atoms with Gasteiger partial charge in [-0.05, 0) is 37.5 Å². The number of ether oxygens (including phenoxy) is 3. The zero-order valence-electron chi connectivity index (χ0n) is 15.2. The molecular weight excluding hydrogens is 450 g/mol. The van der Waals surface area contributed by atoms with Crippen LogP contribution in [0, 0.1) is 23.7 Å². The molecule has 30 heavy (non-hydrogen) atoms. The third-order valence-corrected chi connectivity index (χ3v) is 7.49. The molecule has 7 nitrogen and oxygen atoms in total. The molecule has 172 valence electrons. The molecule has 1 aliphatic heterocycles. The molecule has 0 aromatic heterocycles. The fourth-order valence-electron chi connectivity index (χ4n) is 5.38. The van der Waals surface area contributed by atoms with Crippen LogP contribution in [0.3, 0.4) is 0 Å². The fourth-order valence-corrected chi connectivity index (χ4v) is 5.64. The quantitative estimate of drug-likeness (QED) is 0.386. The third-order valence-electron chi connectivity index (χ3n) is 6.67. The van der Waals surface area contributed by atoms with Crippen molar-refractivity contribution in [2.75, 3.05) is 13.2 Å². The van der Waals surface area contributed by atoms with Crippen LogP contribution in [0.15, 0.2) is 0 Å². The molecule has 4 aliphatic carbocycles. The topological polar surface area (TPSA) is 99.1 Å². The number of halogens is 6. The van der Waals surface area contributed by atoms with Crippen LogP contribution < -0.4 is 0 Å². The number of alkyl halides is 6. The van der Waals surface area contributed by atoms with E-state index >= 15 is 0 Å². The average molecular weight is 468 g/mol. The summed E-state index contributed by atoms with van der Waals surface area (Å²) in [7, 11) is -6.12. The molecule has 4 saturated carbocycles. The van der Waals surface area contributed by atoms with Gasteiger partial charge in [-0.1, -0.05) is 0 Å². The van der Waals surface area contributed by atoms with E-state index in [1.165, 1.54) is 0 Å². The lowest BCUT2D eigenvalue weighted by Crippen LogP contribution is -2.67. The molecule has 0 radical (unpaired) electrons. The van der Waals surface area contributed by atoms with Crippen molar-refractivity contribution in [3.05, 3.63) is 0 Å². The van der Waals surface area contributed by atoms with Crippen LogP contribution in [0.1, 0.15) is 25.7 Å². The van der Waals surface area contributed by atoms with Gasteiger partial charge < -0.3 is 14.2 Å². The highest BCUT2D eigenvalue weighted by Gasteiger charge is 2.70. The summed E-state index contributed by atoms with van der Waals surface area (Å²) in [6.07, 6.45) is -0.353. The van der Waals surface area contributed by atoms with E-state index in [2.05, 4.69) is 0 Å². The molecule has 5 atom stereocenters. The molecular formula is C16H18F6O7S. The summed E-state index contributed by atoms with van der Waals surface area (Å²) in [6, 6.07) is 0. The van der Waals surface area contributed by atoms with Crippen molar-refractivity contribution >= 4 is 16.1 Å². The van der Waals surface area contributed by atoms with Gasteiger partial charge in [-0.15, -0.1) is 0 Å². The Balaban J connectivity index is 1.65. The Bertz CT molecular complexity index is 829. The summed E-state index contributed by atoms with van der Waals surface area (Å²) in [5, 5.41) is -5.25. The second-order valence-electron chi connectivity index (χ2n) is 8.44. The standard InChI is InChI=1S/C16H18F6O7S/c17-13(18)5-27-15(28-6-14(13,19)20)9-2-7-1-8(4-9)11(10(15)3-7)29-12(23)16(21,22)30(24,25)26/h7-11H,1-6H2,(H,24,25,26). The largest absolute Gasteiger partial charge is 0.465 e. The molecule has 4 bridgehead atoms. The maximum Gasteiger partial charge on any atom is 0.465 e. The summed E-state index contributed by atoms with van der Waals surface area (Å²) in [5.74, 6) is -15.9. The van der Waals surface area contributed by atoms with Gasteiger partial charge in [0.1, 0.15) is 19.3 Å². The van der Waals surface area contributed by atoms with Gasteiger partial charge >= 0.3 is 33.2 Å². The van der Waals surface area contributed by atoms with Crippen molar-refractivity contribution in [3.8, 4) is 0 Å². The lowest BCUT2D eigenvalue weighted by Gasteiger charge is -2.61. The lowest BCUT2D eigenvalue weighted by atomic mass is 9.52. The third kappa shape index (κ3) is 3.05. The Morgan fingerprint density at radius 1 is 1.00 bits per heavy atom. The minimum atomic E-state index is -6.12. The van der Waals surface area contributed by atoms with Gasteiger partial charge in [-0.3, -0.25) is 4.55 Å². The smallest absolute Gasteiger partial charge is 0.456 e. The van der Waals surface area contributed by atoms with E-state index in [-0.39, 0.29) is 18.8 Å². The van der Waals surface area contributed by atoms with Gasteiger partial charge in [0.2, 0.25) is 0 Å². The first kappa shape index (κ1) is 22.1. The molecule has 1 heterocycles. The molecule has 1 saturated heterocycles. The summed E-state index contributed by atoms with van der Waals surface area (Å²) in [4.78, 5) is 11.8. The molecule has 0 aromatic carbocycles. The van der Waals surface area contributed by atoms with Crippen LogP contribution in [0.4, 0.5) is 26.3 Å². The minimum absolute atomic E-state index is 0.00196. The molecule has 1 N–H and O–H groups in total. The SMILES string of the molecule is O=C(OC1C2CC3CC(C2)C2(OCC(F)(F)C(F)(F)CO2)C1C3)C(F)(F)S(=O)(=O)O. The van der Waals surface area contributed by atoms with Gasteiger partial charge in [0.25, 0.3) is 0 Å². The van der Waals surface area contributed by atoms with Crippen molar-refractivity contribution in [2.45, 2.75) is 54.7 Å². The highest BCUT2D eigenvalue weighted by atomic mass is 32.2. The van der Waals surface area contributed by atoms with Gasteiger partial charge in [0, 0.05) is 5.92 Å². The van der Waals surface area contributed by atoms with Crippen LogP contribution >= 0.6 is 0 Å². The highest BCUT2D eigenvalue weighted by molar-refractivity contribution is 7.87. The van der Waals surface area contributed by atoms with Crippen molar-refractivity contribution in [1.82, 2.24) is 0 Å². The van der Waals surface area contributed by atoms with Crippen LogP contribution in [0.25, 0.3) is 0 Å². The fraction of sp³-hybridized carbons (Fsp3) is 0.938. The molecule has 5 fully saturated rings. The molecule has 5 unspecified atom stereocenters. The predicted molar refractivity (Wildman–Crippen MR) is 83.3 cm³/mol. The van der Waals surface area contributed by atoms with Crippen molar-refractivity contribution < 1.29 is 58.3 Å². The van der Waals surface area contributed by atoms with E-state index < -0.39 is 76.0 Å². The number of hydrogen-bond donors (Lipinski definition) is 1. The Morgan fingerprint density at radius 3 is 2.10 bits per heavy atom. The summed E-state index contributed by atoms with van der Waals surface area (Å²) < 4.78 is 128. The van der Waals surface area contributed by atoms with Crippen molar-refractivity contribution in [2.24, 2.45) is 23.7 Å². The summed E-state index contributed by atoms with van der Waals surface area (Å²) >= 11 is 0. The van der Waals surface area contributed by atoms with Crippen LogP contribution in [-0.2, 0) is 29.1 Å². The number of carbonyl (C=O) groups is 1. The van der Waals surface area contributed by atoms with Gasteiger partial charge in [-0.25, -0.2) is 4.79 Å². The van der Waals surface area contributed by atoms with Crippen LogP contribution in [0.5, 0.6) is 0 Å². The predicted octanol–water partition coefficient (Wildman–Crippen LogP) is 2.46. The molecule has 5 aliphatic rings. The van der Waals surface area contributed by atoms with E-state index in [1.807, 2.05) is 0 Å². The monoisotopic (exact) mass is 468 g/mol. The lowest BCUT2D eigenvalue weighted by molar-refractivity contribution is -0.357. The Morgan fingerprint density at radius 2 is 1.57 bits per heavy atom. The Labute approximate surface area is 166 Å². The molecule has 0 amide bonds. The van der Waals surface area contributed by atoms with Crippen molar-refractivity contribution in [1.29, 1.82) is 0 Å². The summed E-state index contributed by atoms with van der Waals surface area (Å²) in [5.41, 5.74) is 0. The maximum absolute atomic E-state index is 13.8. The van der Waals surface area contributed by atoms with Gasteiger partial charge in [-0.2, -0.15) is 34.8 Å².